The van der Waals surface area contributed by atoms with Gasteiger partial charge in [0.05, 0.1) is 16.9 Å². The Balaban J connectivity index is 2.06. The molecule has 0 bridgehead atoms. The summed E-state index contributed by atoms with van der Waals surface area (Å²) in [6, 6.07) is 6.07. The Kier molecular flexibility index (Phi) is 4.49. The van der Waals surface area contributed by atoms with Crippen molar-refractivity contribution in [2.45, 2.75) is 6.92 Å². The van der Waals surface area contributed by atoms with E-state index in [1.807, 2.05) is 5.32 Å². The molecule has 1 heterocycles. The lowest BCUT2D eigenvalue weighted by molar-refractivity contribution is 0.0963. The number of pyridine rings is 1. The summed E-state index contributed by atoms with van der Waals surface area (Å²) in [4.78, 5) is 27.5. The fraction of sp³-hybridized carbons (Fsp3) is 0.0714. The molecule has 0 aliphatic carbocycles. The average molecular weight is 308 g/mol. The van der Waals surface area contributed by atoms with Crippen LogP contribution in [0, 0.1) is 12.7 Å². The fourth-order valence-corrected chi connectivity index (χ4v) is 1.77. The van der Waals surface area contributed by atoms with Crippen LogP contribution in [0.3, 0.4) is 0 Å². The van der Waals surface area contributed by atoms with Crippen molar-refractivity contribution >= 4 is 29.2 Å². The summed E-state index contributed by atoms with van der Waals surface area (Å²) in [5.74, 6) is -1.66. The molecule has 2 aromatic rings. The molecule has 0 aliphatic rings. The molecule has 0 fully saturated rings. The molecule has 2 rings (SSSR count). The van der Waals surface area contributed by atoms with Crippen LogP contribution < -0.4 is 10.6 Å². The quantitative estimate of drug-likeness (QED) is 0.895. The van der Waals surface area contributed by atoms with Gasteiger partial charge in [-0.05, 0) is 37.3 Å². The highest BCUT2D eigenvalue weighted by molar-refractivity contribution is 6.30. The van der Waals surface area contributed by atoms with Crippen LogP contribution >= 0.6 is 11.6 Å². The molecule has 1 aromatic heterocycles. The van der Waals surface area contributed by atoms with Crippen molar-refractivity contribution < 1.29 is 14.0 Å². The number of nitrogens with zero attached hydrogens (tertiary/aromatic N) is 1. The predicted octanol–water partition coefficient (Wildman–Crippen LogP) is 3.14. The Bertz CT molecular complexity index is 706. The van der Waals surface area contributed by atoms with Crippen molar-refractivity contribution in [2.24, 2.45) is 0 Å². The van der Waals surface area contributed by atoms with E-state index in [1.54, 1.807) is 25.3 Å². The fourth-order valence-electron chi connectivity index (χ4n) is 1.61. The molecule has 0 spiro atoms. The van der Waals surface area contributed by atoms with Crippen molar-refractivity contribution in [3.63, 3.8) is 0 Å². The first-order valence-electron chi connectivity index (χ1n) is 5.96. The number of urea groups is 1. The number of hydrogen-bond donors (Lipinski definition) is 2. The van der Waals surface area contributed by atoms with Gasteiger partial charge >= 0.3 is 6.03 Å². The van der Waals surface area contributed by atoms with Gasteiger partial charge in [0.1, 0.15) is 5.82 Å². The van der Waals surface area contributed by atoms with E-state index >= 15 is 0 Å². The van der Waals surface area contributed by atoms with Gasteiger partial charge in [-0.3, -0.25) is 15.1 Å². The molecule has 7 heteroatoms. The van der Waals surface area contributed by atoms with Gasteiger partial charge in [0, 0.05) is 11.2 Å². The third-order valence-corrected chi connectivity index (χ3v) is 2.89. The molecular formula is C14H11ClFN3O2. The van der Waals surface area contributed by atoms with Crippen LogP contribution in [0.2, 0.25) is 5.02 Å². The predicted molar refractivity (Wildman–Crippen MR) is 76.9 cm³/mol. The third-order valence-electron chi connectivity index (χ3n) is 2.66. The Morgan fingerprint density at radius 1 is 1.29 bits per heavy atom. The summed E-state index contributed by atoms with van der Waals surface area (Å²) in [6.45, 7) is 1.70. The highest BCUT2D eigenvalue weighted by atomic mass is 35.5. The maximum Gasteiger partial charge on any atom is 0.326 e. The van der Waals surface area contributed by atoms with E-state index in [2.05, 4.69) is 10.3 Å². The number of aromatic nitrogens is 1. The lowest BCUT2D eigenvalue weighted by atomic mass is 10.2. The van der Waals surface area contributed by atoms with Crippen molar-refractivity contribution in [1.29, 1.82) is 0 Å². The second-order valence-electron chi connectivity index (χ2n) is 4.17. The largest absolute Gasteiger partial charge is 0.326 e. The molecule has 21 heavy (non-hydrogen) atoms. The topological polar surface area (TPSA) is 71.1 Å². The minimum Gasteiger partial charge on any atom is -0.306 e. The van der Waals surface area contributed by atoms with Gasteiger partial charge in [-0.25, -0.2) is 9.18 Å². The molecule has 0 saturated carbocycles. The smallest absolute Gasteiger partial charge is 0.306 e. The van der Waals surface area contributed by atoms with E-state index in [-0.39, 0.29) is 10.6 Å². The summed E-state index contributed by atoms with van der Waals surface area (Å²) >= 11 is 5.59. The minimum absolute atomic E-state index is 0.166. The highest BCUT2D eigenvalue weighted by Gasteiger charge is 2.15. The number of hydrogen-bond acceptors (Lipinski definition) is 3. The summed E-state index contributed by atoms with van der Waals surface area (Å²) in [5, 5.41) is 4.66. The number of amides is 3. The molecule has 3 amide bonds. The maximum atomic E-state index is 13.6. The van der Waals surface area contributed by atoms with E-state index < -0.39 is 17.8 Å². The van der Waals surface area contributed by atoms with E-state index in [4.69, 9.17) is 11.6 Å². The number of aryl methyl sites for hydroxylation is 1. The van der Waals surface area contributed by atoms with Crippen LogP contribution in [0.15, 0.2) is 36.5 Å². The molecule has 2 N–H and O–H groups in total. The Hall–Kier alpha value is -2.47. The number of benzene rings is 1. The van der Waals surface area contributed by atoms with Crippen molar-refractivity contribution in [2.75, 3.05) is 5.32 Å². The first kappa shape index (κ1) is 14.9. The van der Waals surface area contributed by atoms with Gasteiger partial charge in [-0.1, -0.05) is 11.6 Å². The number of rotatable bonds is 2. The first-order valence-corrected chi connectivity index (χ1v) is 6.34. The maximum absolute atomic E-state index is 13.6. The van der Waals surface area contributed by atoms with Gasteiger partial charge in [0.25, 0.3) is 5.91 Å². The zero-order chi connectivity index (χ0) is 15.4. The highest BCUT2D eigenvalue weighted by Crippen LogP contribution is 2.15. The third kappa shape index (κ3) is 3.76. The van der Waals surface area contributed by atoms with Crippen LogP contribution in [0.25, 0.3) is 0 Å². The number of halogens is 2. The Labute approximate surface area is 125 Å². The van der Waals surface area contributed by atoms with Gasteiger partial charge < -0.3 is 5.32 Å². The lowest BCUT2D eigenvalue weighted by Gasteiger charge is -2.08. The monoisotopic (exact) mass is 307 g/mol. The number of carbonyl (C=O) groups is 2. The van der Waals surface area contributed by atoms with Crippen LogP contribution in [0.1, 0.15) is 16.1 Å². The zero-order valence-corrected chi connectivity index (χ0v) is 11.7. The second kappa shape index (κ2) is 6.32. The van der Waals surface area contributed by atoms with E-state index in [9.17, 15) is 14.0 Å². The Morgan fingerprint density at radius 3 is 2.71 bits per heavy atom. The van der Waals surface area contributed by atoms with Crippen molar-refractivity contribution in [3.8, 4) is 0 Å². The molecule has 5 nitrogen and oxygen atoms in total. The van der Waals surface area contributed by atoms with Gasteiger partial charge in [0.2, 0.25) is 0 Å². The van der Waals surface area contributed by atoms with Crippen molar-refractivity contribution in [1.82, 2.24) is 10.3 Å². The molecular weight excluding hydrogens is 297 g/mol. The second-order valence-corrected chi connectivity index (χ2v) is 4.61. The number of imide groups is 1. The van der Waals surface area contributed by atoms with E-state index in [1.165, 1.54) is 12.1 Å². The minimum atomic E-state index is -0.858. The normalized spacial score (nSPS) is 10.0. The molecule has 108 valence electrons. The van der Waals surface area contributed by atoms with Crippen LogP contribution in [0.4, 0.5) is 14.9 Å². The van der Waals surface area contributed by atoms with Gasteiger partial charge in [-0.2, -0.15) is 0 Å². The molecule has 1 aromatic carbocycles. The number of anilines is 1. The zero-order valence-electron chi connectivity index (χ0n) is 11.0. The van der Waals surface area contributed by atoms with Crippen LogP contribution in [0.5, 0.6) is 0 Å². The molecule has 0 saturated heterocycles. The van der Waals surface area contributed by atoms with Crippen molar-refractivity contribution in [3.05, 3.63) is 58.6 Å². The molecule has 0 atom stereocenters. The summed E-state index contributed by atoms with van der Waals surface area (Å²) in [7, 11) is 0. The first-order chi connectivity index (χ1) is 9.97. The summed E-state index contributed by atoms with van der Waals surface area (Å²) in [5.41, 5.74) is 0.787. The number of carbonyl (C=O) groups excluding carboxylic acids is 2. The Morgan fingerprint density at radius 2 is 2.05 bits per heavy atom. The lowest BCUT2D eigenvalue weighted by Crippen LogP contribution is -2.35. The van der Waals surface area contributed by atoms with Crippen LogP contribution in [-0.2, 0) is 0 Å². The van der Waals surface area contributed by atoms with E-state index in [0.717, 1.165) is 6.07 Å². The van der Waals surface area contributed by atoms with E-state index in [0.29, 0.717) is 11.4 Å². The standard InChI is InChI=1S/C14H11ClFN3O2/c1-8-12(3-2-6-17-8)18-14(21)19-13(20)10-5-4-9(15)7-11(10)16/h2-7H,1H3,(H2,18,19,20,21). The molecule has 0 radical (unpaired) electrons. The SMILES string of the molecule is Cc1ncccc1NC(=O)NC(=O)c1ccc(Cl)cc1F. The average Bonchev–Trinajstić information content (AvgIpc) is 2.41. The molecule has 0 unspecified atom stereocenters. The van der Waals surface area contributed by atoms with Crippen LogP contribution in [-0.4, -0.2) is 16.9 Å². The van der Waals surface area contributed by atoms with Gasteiger partial charge in [0.15, 0.2) is 0 Å². The summed E-state index contributed by atoms with van der Waals surface area (Å²) < 4.78 is 13.6. The summed E-state index contributed by atoms with van der Waals surface area (Å²) in [6.07, 6.45) is 1.58. The van der Waals surface area contributed by atoms with Gasteiger partial charge in [-0.15, -0.1) is 0 Å². The molecule has 0 aliphatic heterocycles. The number of nitrogens with one attached hydrogen (secondary N) is 2.